The Morgan fingerprint density at radius 1 is 1.27 bits per heavy atom. The molecule has 2 aromatic heterocycles. The molecule has 1 aliphatic rings. The van der Waals surface area contributed by atoms with E-state index in [9.17, 15) is 4.79 Å². The monoisotopic (exact) mass is 405 g/mol. The Kier molecular flexibility index (Phi) is 5.92. The molecule has 0 unspecified atom stereocenters. The highest BCUT2D eigenvalue weighted by Crippen LogP contribution is 2.25. The number of pyridine rings is 1. The van der Waals surface area contributed by atoms with Gasteiger partial charge >= 0.3 is 0 Å². The number of nitrogens with two attached hydrogens (primary N) is 1. The van der Waals surface area contributed by atoms with Crippen molar-refractivity contribution in [2.45, 2.75) is 33.0 Å². The summed E-state index contributed by atoms with van der Waals surface area (Å²) >= 11 is 0. The van der Waals surface area contributed by atoms with Crippen LogP contribution in [0.5, 0.6) is 0 Å². The standard InChI is InChI=1S/C23H27N5O2/c1-3-28-14-19(16(2)26-28)13-27-10-11-30-22(15-27)21-9-5-8-20(25-21)17-6-4-7-18(12-17)23(24)29/h4-9,12,14,22H,3,10-11,13,15H2,1-2H3,(H2,24,29)/t22-/m0/s1. The first-order valence-electron chi connectivity index (χ1n) is 10.3. The zero-order chi connectivity index (χ0) is 21.1. The topological polar surface area (TPSA) is 86.3 Å². The zero-order valence-electron chi connectivity index (χ0n) is 17.4. The molecule has 30 heavy (non-hydrogen) atoms. The molecule has 1 atom stereocenters. The summed E-state index contributed by atoms with van der Waals surface area (Å²) in [5.41, 5.74) is 10.8. The number of primary amides is 1. The molecule has 156 valence electrons. The Bertz CT molecular complexity index is 1050. The van der Waals surface area contributed by atoms with Gasteiger partial charge in [-0.25, -0.2) is 0 Å². The molecule has 0 radical (unpaired) electrons. The van der Waals surface area contributed by atoms with Gasteiger partial charge in [0.1, 0.15) is 6.10 Å². The smallest absolute Gasteiger partial charge is 0.248 e. The molecule has 0 saturated carbocycles. The summed E-state index contributed by atoms with van der Waals surface area (Å²) in [6, 6.07) is 13.1. The molecule has 4 rings (SSSR count). The fourth-order valence-electron chi connectivity index (χ4n) is 3.77. The van der Waals surface area contributed by atoms with Crippen LogP contribution in [0.15, 0.2) is 48.7 Å². The Labute approximate surface area is 176 Å². The number of amides is 1. The number of aromatic nitrogens is 3. The number of aryl methyl sites for hydroxylation is 2. The van der Waals surface area contributed by atoms with Crippen LogP contribution >= 0.6 is 0 Å². The first-order valence-corrected chi connectivity index (χ1v) is 10.3. The summed E-state index contributed by atoms with van der Waals surface area (Å²) in [4.78, 5) is 18.7. The number of ether oxygens (including phenoxy) is 1. The van der Waals surface area contributed by atoms with Crippen LogP contribution in [0.25, 0.3) is 11.3 Å². The molecular formula is C23H27N5O2. The van der Waals surface area contributed by atoms with E-state index in [1.807, 2.05) is 35.0 Å². The fourth-order valence-corrected chi connectivity index (χ4v) is 3.77. The van der Waals surface area contributed by atoms with Crippen molar-refractivity contribution in [3.05, 3.63) is 71.2 Å². The molecule has 2 N–H and O–H groups in total. The van der Waals surface area contributed by atoms with Crippen LogP contribution in [0.3, 0.4) is 0 Å². The highest BCUT2D eigenvalue weighted by molar-refractivity contribution is 5.93. The molecule has 1 fully saturated rings. The molecule has 3 heterocycles. The van der Waals surface area contributed by atoms with Gasteiger partial charge in [0, 0.05) is 49.1 Å². The molecule has 0 bridgehead atoms. The van der Waals surface area contributed by atoms with Crippen LogP contribution in [0.4, 0.5) is 0 Å². The molecule has 1 aliphatic heterocycles. The van der Waals surface area contributed by atoms with E-state index in [1.165, 1.54) is 5.56 Å². The maximum absolute atomic E-state index is 11.5. The second-order valence-corrected chi connectivity index (χ2v) is 7.58. The van der Waals surface area contributed by atoms with Crippen LogP contribution < -0.4 is 5.73 Å². The average molecular weight is 406 g/mol. The number of carbonyl (C=O) groups is 1. The molecule has 1 saturated heterocycles. The van der Waals surface area contributed by atoms with Gasteiger partial charge in [0.2, 0.25) is 5.91 Å². The van der Waals surface area contributed by atoms with E-state index < -0.39 is 5.91 Å². The summed E-state index contributed by atoms with van der Waals surface area (Å²) < 4.78 is 8.02. The van der Waals surface area contributed by atoms with Crippen molar-refractivity contribution >= 4 is 5.91 Å². The second-order valence-electron chi connectivity index (χ2n) is 7.58. The lowest BCUT2D eigenvalue weighted by Crippen LogP contribution is -2.38. The van der Waals surface area contributed by atoms with Crippen molar-refractivity contribution in [3.8, 4) is 11.3 Å². The Balaban J connectivity index is 1.51. The highest BCUT2D eigenvalue weighted by atomic mass is 16.5. The Hall–Kier alpha value is -3.03. The normalized spacial score (nSPS) is 17.2. The van der Waals surface area contributed by atoms with Crippen molar-refractivity contribution in [1.29, 1.82) is 0 Å². The maximum atomic E-state index is 11.5. The Morgan fingerprint density at radius 3 is 2.87 bits per heavy atom. The SMILES string of the molecule is CCn1cc(CN2CCO[C@H](c3cccc(-c4cccc(C(N)=O)c4)n3)C2)c(C)n1. The van der Waals surface area contributed by atoms with E-state index in [0.717, 1.165) is 48.8 Å². The predicted octanol–water partition coefficient (Wildman–Crippen LogP) is 2.95. The van der Waals surface area contributed by atoms with E-state index in [2.05, 4.69) is 30.0 Å². The lowest BCUT2D eigenvalue weighted by atomic mass is 10.1. The quantitative estimate of drug-likeness (QED) is 0.681. The van der Waals surface area contributed by atoms with Gasteiger partial charge in [-0.15, -0.1) is 0 Å². The minimum atomic E-state index is -0.444. The molecule has 7 nitrogen and oxygen atoms in total. The van der Waals surface area contributed by atoms with Gasteiger partial charge in [-0.3, -0.25) is 19.4 Å². The van der Waals surface area contributed by atoms with Gasteiger partial charge < -0.3 is 10.5 Å². The Morgan fingerprint density at radius 2 is 2.10 bits per heavy atom. The van der Waals surface area contributed by atoms with Gasteiger partial charge in [0.25, 0.3) is 0 Å². The number of rotatable bonds is 6. The number of nitrogens with zero attached hydrogens (tertiary/aromatic N) is 4. The van der Waals surface area contributed by atoms with Gasteiger partial charge in [-0.05, 0) is 38.1 Å². The van der Waals surface area contributed by atoms with Crippen molar-refractivity contribution in [2.24, 2.45) is 5.73 Å². The largest absolute Gasteiger partial charge is 0.369 e. The third-order valence-electron chi connectivity index (χ3n) is 5.46. The third kappa shape index (κ3) is 4.42. The van der Waals surface area contributed by atoms with Crippen LogP contribution in [0, 0.1) is 6.92 Å². The van der Waals surface area contributed by atoms with Crippen molar-refractivity contribution in [3.63, 3.8) is 0 Å². The molecule has 1 aromatic carbocycles. The lowest BCUT2D eigenvalue weighted by Gasteiger charge is -2.32. The van der Waals surface area contributed by atoms with Crippen LogP contribution in [0.2, 0.25) is 0 Å². The lowest BCUT2D eigenvalue weighted by molar-refractivity contribution is -0.0350. The number of carbonyl (C=O) groups excluding carboxylic acids is 1. The second kappa shape index (κ2) is 8.77. The van der Waals surface area contributed by atoms with Gasteiger partial charge in [0.15, 0.2) is 0 Å². The van der Waals surface area contributed by atoms with Crippen molar-refractivity contribution in [2.75, 3.05) is 19.7 Å². The average Bonchev–Trinajstić information content (AvgIpc) is 3.13. The summed E-state index contributed by atoms with van der Waals surface area (Å²) in [6.45, 7) is 8.20. The maximum Gasteiger partial charge on any atom is 0.248 e. The van der Waals surface area contributed by atoms with Crippen LogP contribution in [0.1, 0.15) is 40.3 Å². The number of hydrogen-bond acceptors (Lipinski definition) is 5. The first kappa shape index (κ1) is 20.3. The summed E-state index contributed by atoms with van der Waals surface area (Å²) in [5, 5.41) is 4.55. The minimum absolute atomic E-state index is 0.0976. The van der Waals surface area contributed by atoms with Crippen LogP contribution in [-0.2, 0) is 17.8 Å². The van der Waals surface area contributed by atoms with E-state index >= 15 is 0 Å². The zero-order valence-corrected chi connectivity index (χ0v) is 17.4. The molecule has 0 aliphatic carbocycles. The number of benzene rings is 1. The van der Waals surface area contributed by atoms with Crippen LogP contribution in [-0.4, -0.2) is 45.3 Å². The molecular weight excluding hydrogens is 378 g/mol. The predicted molar refractivity (Wildman–Crippen MR) is 115 cm³/mol. The minimum Gasteiger partial charge on any atom is -0.369 e. The third-order valence-corrected chi connectivity index (χ3v) is 5.46. The first-order chi connectivity index (χ1) is 14.5. The van der Waals surface area contributed by atoms with Crippen molar-refractivity contribution in [1.82, 2.24) is 19.7 Å². The van der Waals surface area contributed by atoms with Gasteiger partial charge in [0.05, 0.1) is 23.7 Å². The number of morpholine rings is 1. The van der Waals surface area contributed by atoms with Crippen molar-refractivity contribution < 1.29 is 9.53 Å². The molecule has 0 spiro atoms. The highest BCUT2D eigenvalue weighted by Gasteiger charge is 2.24. The number of hydrogen-bond donors (Lipinski definition) is 1. The molecule has 3 aromatic rings. The van der Waals surface area contributed by atoms with Gasteiger partial charge in [-0.2, -0.15) is 5.10 Å². The molecule has 7 heteroatoms. The summed E-state index contributed by atoms with van der Waals surface area (Å²) in [5.74, 6) is -0.444. The van der Waals surface area contributed by atoms with E-state index in [-0.39, 0.29) is 6.10 Å². The summed E-state index contributed by atoms with van der Waals surface area (Å²) in [6.07, 6.45) is 2.03. The van der Waals surface area contributed by atoms with E-state index in [1.54, 1.807) is 12.1 Å². The fraction of sp³-hybridized carbons (Fsp3) is 0.348. The van der Waals surface area contributed by atoms with Gasteiger partial charge in [-0.1, -0.05) is 18.2 Å². The van der Waals surface area contributed by atoms with E-state index in [4.69, 9.17) is 15.5 Å². The molecule has 1 amide bonds. The van der Waals surface area contributed by atoms with E-state index in [0.29, 0.717) is 12.2 Å². The summed E-state index contributed by atoms with van der Waals surface area (Å²) in [7, 11) is 0.